The number of H-pyrrole nitrogens is 1. The summed E-state index contributed by atoms with van der Waals surface area (Å²) in [7, 11) is 5.08. The average molecular weight is 508 g/mol. The molecule has 0 aliphatic rings. The summed E-state index contributed by atoms with van der Waals surface area (Å²) >= 11 is 0. The van der Waals surface area contributed by atoms with Crippen LogP contribution in [0.15, 0.2) is 47.5 Å². The average Bonchev–Trinajstić information content (AvgIpc) is 3.05. The molecule has 0 aliphatic carbocycles. The van der Waals surface area contributed by atoms with Gasteiger partial charge in [0, 0.05) is 48.4 Å². The predicted octanol–water partition coefficient (Wildman–Crippen LogP) is 4.02. The Kier molecular flexibility index (Phi) is 8.63. The highest BCUT2D eigenvalue weighted by molar-refractivity contribution is 14.0. The van der Waals surface area contributed by atoms with Crippen LogP contribution in [0.4, 0.5) is 0 Å². The maximum atomic E-state index is 5.45. The molecule has 0 fully saturated rings. The number of aromatic nitrogens is 1. The lowest BCUT2D eigenvalue weighted by molar-refractivity contribution is 0.390. The number of nitrogens with zero attached hydrogens (tertiary/aromatic N) is 1. The van der Waals surface area contributed by atoms with Crippen molar-refractivity contribution >= 4 is 40.8 Å². The fraction of sp³-hybridized carbons (Fsp3) is 0.318. The summed E-state index contributed by atoms with van der Waals surface area (Å²) in [6, 6.07) is 14.2. The van der Waals surface area contributed by atoms with Gasteiger partial charge in [-0.25, -0.2) is 0 Å². The van der Waals surface area contributed by atoms with Gasteiger partial charge in [-0.3, -0.25) is 4.99 Å². The van der Waals surface area contributed by atoms with Gasteiger partial charge in [0.1, 0.15) is 11.5 Å². The van der Waals surface area contributed by atoms with Gasteiger partial charge in [0.2, 0.25) is 0 Å². The van der Waals surface area contributed by atoms with E-state index in [0.717, 1.165) is 36.0 Å². The van der Waals surface area contributed by atoms with Gasteiger partial charge in [-0.1, -0.05) is 18.2 Å². The van der Waals surface area contributed by atoms with Crippen LogP contribution in [0.2, 0.25) is 0 Å². The van der Waals surface area contributed by atoms with Gasteiger partial charge in [-0.2, -0.15) is 0 Å². The number of guanidine groups is 1. The lowest BCUT2D eigenvalue weighted by Crippen LogP contribution is -2.38. The summed E-state index contributed by atoms with van der Waals surface area (Å²) in [4.78, 5) is 7.77. The van der Waals surface area contributed by atoms with Crippen molar-refractivity contribution in [2.75, 3.05) is 27.8 Å². The van der Waals surface area contributed by atoms with E-state index in [9.17, 15) is 0 Å². The van der Waals surface area contributed by atoms with E-state index in [1.807, 2.05) is 18.2 Å². The van der Waals surface area contributed by atoms with Gasteiger partial charge >= 0.3 is 0 Å². The minimum absolute atomic E-state index is 0. The molecule has 7 heteroatoms. The molecule has 29 heavy (non-hydrogen) atoms. The van der Waals surface area contributed by atoms with Crippen LogP contribution in [0, 0.1) is 6.92 Å². The SMILES string of the molecule is CN=C(NCCc1c(C)[nH]c2ccccc12)NCc1ccc(OC)cc1OC.I. The van der Waals surface area contributed by atoms with Crippen LogP contribution in [0.1, 0.15) is 16.8 Å². The molecule has 3 rings (SSSR count). The Morgan fingerprint density at radius 2 is 1.86 bits per heavy atom. The van der Waals surface area contributed by atoms with Gasteiger partial charge in [0.25, 0.3) is 0 Å². The van der Waals surface area contributed by atoms with Gasteiger partial charge in [-0.15, -0.1) is 24.0 Å². The lowest BCUT2D eigenvalue weighted by Gasteiger charge is -2.14. The topological polar surface area (TPSA) is 70.7 Å². The third-order valence-electron chi connectivity index (χ3n) is 4.86. The summed E-state index contributed by atoms with van der Waals surface area (Å²) < 4.78 is 10.7. The van der Waals surface area contributed by atoms with E-state index in [-0.39, 0.29) is 24.0 Å². The van der Waals surface area contributed by atoms with Crippen molar-refractivity contribution in [1.29, 1.82) is 0 Å². The first kappa shape index (κ1) is 22.9. The summed E-state index contributed by atoms with van der Waals surface area (Å²) in [5.74, 6) is 2.32. The number of rotatable bonds is 7. The lowest BCUT2D eigenvalue weighted by atomic mass is 10.1. The first-order valence-corrected chi connectivity index (χ1v) is 9.38. The molecule has 1 heterocycles. The summed E-state index contributed by atoms with van der Waals surface area (Å²) in [6.07, 6.45) is 0.919. The largest absolute Gasteiger partial charge is 0.497 e. The number of benzene rings is 2. The number of aliphatic imine (C=N–C) groups is 1. The Balaban J connectivity index is 0.00000300. The zero-order valence-corrected chi connectivity index (χ0v) is 19.7. The number of ether oxygens (including phenoxy) is 2. The molecule has 3 aromatic rings. The molecule has 0 aliphatic heterocycles. The molecular weight excluding hydrogens is 479 g/mol. The Labute approximate surface area is 189 Å². The molecule has 156 valence electrons. The second-order valence-electron chi connectivity index (χ2n) is 6.55. The Morgan fingerprint density at radius 3 is 2.59 bits per heavy atom. The van der Waals surface area contributed by atoms with E-state index >= 15 is 0 Å². The monoisotopic (exact) mass is 508 g/mol. The first-order chi connectivity index (χ1) is 13.7. The molecule has 0 radical (unpaired) electrons. The Morgan fingerprint density at radius 1 is 1.07 bits per heavy atom. The van der Waals surface area contributed by atoms with Crippen molar-refractivity contribution in [2.24, 2.45) is 4.99 Å². The van der Waals surface area contributed by atoms with E-state index in [4.69, 9.17) is 9.47 Å². The molecule has 0 spiro atoms. The molecule has 0 amide bonds. The van der Waals surface area contributed by atoms with Crippen molar-refractivity contribution < 1.29 is 9.47 Å². The van der Waals surface area contributed by atoms with Crippen LogP contribution in [-0.4, -0.2) is 38.8 Å². The number of hydrogen-bond donors (Lipinski definition) is 3. The van der Waals surface area contributed by atoms with E-state index < -0.39 is 0 Å². The third-order valence-corrected chi connectivity index (χ3v) is 4.86. The number of fused-ring (bicyclic) bond motifs is 1. The number of hydrogen-bond acceptors (Lipinski definition) is 3. The third kappa shape index (κ3) is 5.56. The number of halogens is 1. The van der Waals surface area contributed by atoms with Crippen LogP contribution in [0.5, 0.6) is 11.5 Å². The van der Waals surface area contributed by atoms with Crippen LogP contribution in [0.25, 0.3) is 10.9 Å². The highest BCUT2D eigenvalue weighted by Gasteiger charge is 2.09. The van der Waals surface area contributed by atoms with Crippen LogP contribution < -0.4 is 20.1 Å². The van der Waals surface area contributed by atoms with Crippen LogP contribution in [-0.2, 0) is 13.0 Å². The molecule has 6 nitrogen and oxygen atoms in total. The number of nitrogens with one attached hydrogen (secondary N) is 3. The van der Waals surface area contributed by atoms with E-state index in [2.05, 4.69) is 51.8 Å². The molecule has 3 N–H and O–H groups in total. The second kappa shape index (κ2) is 10.9. The maximum absolute atomic E-state index is 5.45. The smallest absolute Gasteiger partial charge is 0.191 e. The molecule has 0 unspecified atom stereocenters. The number of aryl methyl sites for hydroxylation is 1. The number of methoxy groups -OCH3 is 2. The molecule has 0 saturated heterocycles. The molecule has 2 aromatic carbocycles. The van der Waals surface area contributed by atoms with Crippen molar-refractivity contribution in [3.05, 3.63) is 59.3 Å². The molecule has 1 aromatic heterocycles. The zero-order chi connectivity index (χ0) is 19.9. The zero-order valence-electron chi connectivity index (χ0n) is 17.3. The Hall–Kier alpha value is -2.42. The number of para-hydroxylation sites is 1. The second-order valence-corrected chi connectivity index (χ2v) is 6.55. The van der Waals surface area contributed by atoms with E-state index in [0.29, 0.717) is 6.54 Å². The van der Waals surface area contributed by atoms with Crippen molar-refractivity contribution in [3.63, 3.8) is 0 Å². The standard InChI is InChI=1S/C22H28N4O2.HI/c1-15-18(19-7-5-6-8-20(19)26-15)11-12-24-22(23-2)25-14-16-9-10-17(27-3)13-21(16)28-4;/h5-10,13,26H,11-12,14H2,1-4H3,(H2,23,24,25);1H. The molecule has 0 saturated carbocycles. The molecule has 0 bridgehead atoms. The van der Waals surface area contributed by atoms with E-state index in [1.165, 1.54) is 22.2 Å². The van der Waals surface area contributed by atoms with Crippen LogP contribution >= 0.6 is 24.0 Å². The van der Waals surface area contributed by atoms with Crippen LogP contribution in [0.3, 0.4) is 0 Å². The minimum atomic E-state index is 0. The highest BCUT2D eigenvalue weighted by Crippen LogP contribution is 2.24. The van der Waals surface area contributed by atoms with Crippen molar-refractivity contribution in [3.8, 4) is 11.5 Å². The first-order valence-electron chi connectivity index (χ1n) is 9.38. The molecule has 0 atom stereocenters. The van der Waals surface area contributed by atoms with Gasteiger partial charge < -0.3 is 25.1 Å². The van der Waals surface area contributed by atoms with Gasteiger partial charge in [0.15, 0.2) is 5.96 Å². The van der Waals surface area contributed by atoms with E-state index in [1.54, 1.807) is 21.3 Å². The quantitative estimate of drug-likeness (QED) is 0.256. The summed E-state index contributed by atoms with van der Waals surface area (Å²) in [5, 5.41) is 8.01. The van der Waals surface area contributed by atoms with Crippen molar-refractivity contribution in [1.82, 2.24) is 15.6 Å². The highest BCUT2D eigenvalue weighted by atomic mass is 127. The van der Waals surface area contributed by atoms with Gasteiger partial charge in [0.05, 0.1) is 14.2 Å². The number of aromatic amines is 1. The Bertz CT molecular complexity index is 969. The summed E-state index contributed by atoms with van der Waals surface area (Å²) in [6.45, 7) is 3.53. The van der Waals surface area contributed by atoms with Gasteiger partial charge in [-0.05, 0) is 37.1 Å². The van der Waals surface area contributed by atoms with Crippen molar-refractivity contribution in [2.45, 2.75) is 19.9 Å². The fourth-order valence-electron chi connectivity index (χ4n) is 3.36. The predicted molar refractivity (Wildman–Crippen MR) is 130 cm³/mol. The summed E-state index contributed by atoms with van der Waals surface area (Å²) in [5.41, 5.74) is 4.78. The minimum Gasteiger partial charge on any atom is -0.497 e. The normalized spacial score (nSPS) is 11.1. The maximum Gasteiger partial charge on any atom is 0.191 e. The fourth-order valence-corrected chi connectivity index (χ4v) is 3.36. The molecular formula is C22H29IN4O2.